The lowest BCUT2D eigenvalue weighted by molar-refractivity contribution is 0.0563. The third-order valence-corrected chi connectivity index (χ3v) is 4.91. The van der Waals surface area contributed by atoms with E-state index in [1.807, 2.05) is 10.7 Å². The monoisotopic (exact) mass is 392 g/mol. The quantitative estimate of drug-likeness (QED) is 0.649. The van der Waals surface area contributed by atoms with E-state index in [4.69, 9.17) is 14.9 Å². The second-order valence-corrected chi connectivity index (χ2v) is 6.77. The summed E-state index contributed by atoms with van der Waals surface area (Å²) in [6, 6.07) is 7.40. The molecule has 0 aliphatic carbocycles. The van der Waals surface area contributed by atoms with Crippen LogP contribution in [0, 0.1) is 18.3 Å². The number of fused-ring (bicyclic) bond motifs is 1. The Bertz CT molecular complexity index is 1110. The molecule has 0 bridgehead atoms. The van der Waals surface area contributed by atoms with Crippen LogP contribution in [-0.2, 0) is 17.8 Å². The molecular formula is C20H20N6O3. The Morgan fingerprint density at radius 1 is 1.34 bits per heavy atom. The van der Waals surface area contributed by atoms with Crippen LogP contribution < -0.4 is 11.1 Å². The zero-order valence-electron chi connectivity index (χ0n) is 16.2. The summed E-state index contributed by atoms with van der Waals surface area (Å²) in [5.41, 5.74) is 9.76. The molecule has 0 radical (unpaired) electrons. The molecule has 1 aliphatic heterocycles. The number of rotatable bonds is 3. The van der Waals surface area contributed by atoms with Crippen molar-refractivity contribution in [1.29, 1.82) is 5.26 Å². The molecule has 3 N–H and O–H groups in total. The van der Waals surface area contributed by atoms with E-state index in [2.05, 4.69) is 21.5 Å². The first kappa shape index (κ1) is 18.7. The zero-order chi connectivity index (χ0) is 20.5. The Morgan fingerprint density at radius 3 is 2.93 bits per heavy atom. The largest absolute Gasteiger partial charge is 0.463 e. The lowest BCUT2D eigenvalue weighted by Crippen LogP contribution is -2.11. The molecule has 0 spiro atoms. The second-order valence-electron chi connectivity index (χ2n) is 6.77. The van der Waals surface area contributed by atoms with Crippen LogP contribution in [0.3, 0.4) is 0 Å². The maximum absolute atomic E-state index is 11.8. The molecule has 148 valence electrons. The number of furan rings is 1. The summed E-state index contributed by atoms with van der Waals surface area (Å²) < 4.78 is 12.2. The fourth-order valence-corrected chi connectivity index (χ4v) is 3.45. The molecule has 4 rings (SSSR count). The Balaban J connectivity index is 1.84. The number of pyridine rings is 1. The smallest absolute Gasteiger partial charge is 0.373 e. The number of nitriles is 1. The van der Waals surface area contributed by atoms with E-state index < -0.39 is 5.97 Å². The Kier molecular flexibility index (Phi) is 4.78. The third-order valence-electron chi connectivity index (χ3n) is 4.91. The van der Waals surface area contributed by atoms with Gasteiger partial charge >= 0.3 is 5.97 Å². The van der Waals surface area contributed by atoms with Gasteiger partial charge in [-0.05, 0) is 32.0 Å². The van der Waals surface area contributed by atoms with Gasteiger partial charge in [0.05, 0.1) is 24.2 Å². The van der Waals surface area contributed by atoms with Gasteiger partial charge < -0.3 is 20.2 Å². The number of aryl methyl sites for hydroxylation is 2. The summed E-state index contributed by atoms with van der Waals surface area (Å²) in [5, 5.41) is 17.7. The fraction of sp³-hybridized carbons (Fsp3) is 0.300. The lowest BCUT2D eigenvalue weighted by atomic mass is 10.0. The summed E-state index contributed by atoms with van der Waals surface area (Å²) in [4.78, 5) is 16.1. The van der Waals surface area contributed by atoms with Gasteiger partial charge in [-0.2, -0.15) is 10.4 Å². The van der Waals surface area contributed by atoms with Gasteiger partial charge in [0, 0.05) is 30.3 Å². The predicted molar refractivity (Wildman–Crippen MR) is 105 cm³/mol. The third kappa shape index (κ3) is 3.34. The van der Waals surface area contributed by atoms with Crippen molar-refractivity contribution in [2.75, 3.05) is 19.4 Å². The van der Waals surface area contributed by atoms with E-state index in [1.165, 1.54) is 7.11 Å². The molecule has 0 aromatic carbocycles. The SMILES string of the molecule is COC(=O)c1cc(-c2cc(-c3cc4n(n3)CCCNC4)c(C#N)c(N)n2)c(C)o1. The van der Waals surface area contributed by atoms with E-state index in [-0.39, 0.29) is 17.1 Å². The van der Waals surface area contributed by atoms with Gasteiger partial charge in [-0.25, -0.2) is 9.78 Å². The molecule has 0 saturated heterocycles. The minimum Gasteiger partial charge on any atom is -0.463 e. The molecule has 9 heteroatoms. The Morgan fingerprint density at radius 2 is 2.17 bits per heavy atom. The first-order chi connectivity index (χ1) is 14.0. The first-order valence-electron chi connectivity index (χ1n) is 9.19. The van der Waals surface area contributed by atoms with Gasteiger partial charge in [0.15, 0.2) is 0 Å². The molecule has 0 amide bonds. The second kappa shape index (κ2) is 7.41. The standard InChI is InChI=1S/C20H20N6O3/c1-11-13(8-18(29-11)20(27)28-2)16-7-14(15(9-21)19(22)24-16)17-6-12-10-23-4-3-5-26(12)25-17/h6-8,23H,3-5,10H2,1-2H3,(H2,22,24). The van der Waals surface area contributed by atoms with Crippen molar-refractivity contribution in [3.63, 3.8) is 0 Å². The van der Waals surface area contributed by atoms with Crippen molar-refractivity contribution in [3.8, 4) is 28.6 Å². The molecule has 3 aromatic heterocycles. The summed E-state index contributed by atoms with van der Waals surface area (Å²) in [6.07, 6.45) is 0.980. The number of nitrogens with two attached hydrogens (primary N) is 1. The summed E-state index contributed by atoms with van der Waals surface area (Å²) >= 11 is 0. The van der Waals surface area contributed by atoms with Gasteiger partial charge in [-0.3, -0.25) is 4.68 Å². The van der Waals surface area contributed by atoms with Crippen LogP contribution in [0.15, 0.2) is 22.6 Å². The number of nitrogen functional groups attached to an aromatic ring is 1. The van der Waals surface area contributed by atoms with Crippen molar-refractivity contribution in [1.82, 2.24) is 20.1 Å². The van der Waals surface area contributed by atoms with Crippen LogP contribution in [0.25, 0.3) is 22.5 Å². The highest BCUT2D eigenvalue weighted by Gasteiger charge is 2.21. The molecule has 3 aromatic rings. The number of nitrogens with one attached hydrogen (secondary N) is 1. The van der Waals surface area contributed by atoms with Crippen molar-refractivity contribution in [2.24, 2.45) is 0 Å². The average Bonchev–Trinajstić information content (AvgIpc) is 3.23. The van der Waals surface area contributed by atoms with Crippen molar-refractivity contribution in [2.45, 2.75) is 26.4 Å². The number of anilines is 1. The number of ether oxygens (including phenoxy) is 1. The number of aromatic nitrogens is 3. The average molecular weight is 392 g/mol. The van der Waals surface area contributed by atoms with Gasteiger partial charge in [0.25, 0.3) is 0 Å². The molecule has 29 heavy (non-hydrogen) atoms. The maximum atomic E-state index is 11.8. The summed E-state index contributed by atoms with van der Waals surface area (Å²) in [7, 11) is 1.29. The minimum atomic E-state index is -0.577. The number of carbonyl (C=O) groups is 1. The van der Waals surface area contributed by atoms with E-state index >= 15 is 0 Å². The molecule has 0 unspecified atom stereocenters. The summed E-state index contributed by atoms with van der Waals surface area (Å²) in [6.45, 7) is 4.19. The molecule has 0 atom stereocenters. The Labute approximate surface area is 167 Å². The highest BCUT2D eigenvalue weighted by molar-refractivity contribution is 5.89. The normalized spacial score (nSPS) is 13.4. The molecule has 0 saturated carbocycles. The van der Waals surface area contributed by atoms with Gasteiger partial charge in [0.1, 0.15) is 23.2 Å². The highest BCUT2D eigenvalue weighted by atomic mass is 16.5. The van der Waals surface area contributed by atoms with Crippen molar-refractivity contribution < 1.29 is 13.9 Å². The number of esters is 1. The molecular weight excluding hydrogens is 372 g/mol. The number of hydrogen-bond donors (Lipinski definition) is 2. The van der Waals surface area contributed by atoms with Crippen LogP contribution in [-0.4, -0.2) is 34.4 Å². The predicted octanol–water partition coefficient (Wildman–Crippen LogP) is 2.25. The maximum Gasteiger partial charge on any atom is 0.373 e. The van der Waals surface area contributed by atoms with E-state index in [9.17, 15) is 10.1 Å². The molecule has 9 nitrogen and oxygen atoms in total. The number of carbonyl (C=O) groups excluding carboxylic acids is 1. The molecule has 1 aliphatic rings. The van der Waals surface area contributed by atoms with Crippen LogP contribution in [0.5, 0.6) is 0 Å². The lowest BCUT2D eigenvalue weighted by Gasteiger charge is -2.08. The van der Waals surface area contributed by atoms with Gasteiger partial charge in [-0.1, -0.05) is 0 Å². The van der Waals surface area contributed by atoms with E-state index in [1.54, 1.807) is 19.1 Å². The van der Waals surface area contributed by atoms with Gasteiger partial charge in [0.2, 0.25) is 5.76 Å². The first-order valence-corrected chi connectivity index (χ1v) is 9.19. The van der Waals surface area contributed by atoms with Crippen LogP contribution >= 0.6 is 0 Å². The zero-order valence-corrected chi connectivity index (χ0v) is 16.2. The Hall–Kier alpha value is -3.64. The minimum absolute atomic E-state index is 0.0751. The van der Waals surface area contributed by atoms with Crippen LogP contribution in [0.4, 0.5) is 5.82 Å². The number of nitrogens with zero attached hydrogens (tertiary/aromatic N) is 4. The van der Waals surface area contributed by atoms with Gasteiger partial charge in [-0.15, -0.1) is 0 Å². The molecule has 4 heterocycles. The molecule has 0 fully saturated rings. The van der Waals surface area contributed by atoms with Crippen LogP contribution in [0.1, 0.15) is 34.0 Å². The number of methoxy groups -OCH3 is 1. The number of hydrogen-bond acceptors (Lipinski definition) is 8. The van der Waals surface area contributed by atoms with E-state index in [0.717, 1.165) is 25.2 Å². The van der Waals surface area contributed by atoms with Crippen LogP contribution in [0.2, 0.25) is 0 Å². The topological polar surface area (TPSA) is 132 Å². The highest BCUT2D eigenvalue weighted by Crippen LogP contribution is 2.33. The fourth-order valence-electron chi connectivity index (χ4n) is 3.45. The van der Waals surface area contributed by atoms with E-state index in [0.29, 0.717) is 34.8 Å². The van der Waals surface area contributed by atoms with Crippen molar-refractivity contribution >= 4 is 11.8 Å². The van der Waals surface area contributed by atoms with Crippen molar-refractivity contribution in [3.05, 3.63) is 41.0 Å². The summed E-state index contributed by atoms with van der Waals surface area (Å²) in [5.74, 6) is 0.0944.